The minimum Gasteiger partial charge on any atom is -0.292 e. The Balaban J connectivity index is 1.16. The third kappa shape index (κ3) is 4.91. The summed E-state index contributed by atoms with van der Waals surface area (Å²) in [6.45, 7) is 0. The van der Waals surface area contributed by atoms with E-state index in [4.69, 9.17) is 4.98 Å². The average molecular weight is 651 g/mol. The van der Waals surface area contributed by atoms with E-state index in [1.54, 1.807) is 0 Å². The second-order valence-electron chi connectivity index (χ2n) is 13.4. The predicted octanol–water partition coefficient (Wildman–Crippen LogP) is 13.2. The van der Waals surface area contributed by atoms with Crippen LogP contribution in [0.1, 0.15) is 18.4 Å². The average Bonchev–Trinajstić information content (AvgIpc) is 3.61. The Labute approximate surface area is 297 Å². The molecule has 0 fully saturated rings. The van der Waals surface area contributed by atoms with E-state index >= 15 is 0 Å². The van der Waals surface area contributed by atoms with E-state index < -0.39 is 0 Å². The van der Waals surface area contributed by atoms with Crippen molar-refractivity contribution in [2.24, 2.45) is 0 Å². The molecule has 1 aliphatic rings. The standard InChI is InChI=1S/C49H34N2/c1-4-15-35(16-5-1)46-41-22-12-13-23-42(41)47(36-17-6-2-7-18-36)44-32-38(26-30-43(44)46)33-24-28-39(29-25-33)51-45-31-27-34-14-10-11-21-40(34)48(45)50-49(51)37-19-8-3-9-20-37/h2-4,6-32H,1,5H2. The van der Waals surface area contributed by atoms with Crippen molar-refractivity contribution in [2.45, 2.75) is 12.8 Å². The Hall–Kier alpha value is -6.51. The zero-order chi connectivity index (χ0) is 33.7. The SMILES string of the molecule is C1=CC(c2c3ccccc3c(-c3ccccc3)c3cc(-c4ccc(-n5c(-c6ccccc6)nc6c7ccccc7ccc65)cc4)ccc23)=CCC1. The van der Waals surface area contributed by atoms with E-state index in [1.807, 2.05) is 0 Å². The van der Waals surface area contributed by atoms with Crippen LogP contribution in [0.25, 0.3) is 88.3 Å². The first-order valence-electron chi connectivity index (χ1n) is 17.8. The Kier molecular flexibility index (Phi) is 6.99. The van der Waals surface area contributed by atoms with Gasteiger partial charge in [0.1, 0.15) is 5.82 Å². The summed E-state index contributed by atoms with van der Waals surface area (Å²) in [5, 5.41) is 7.51. The molecule has 2 heteroatoms. The van der Waals surface area contributed by atoms with Gasteiger partial charge in [0.05, 0.1) is 11.0 Å². The second kappa shape index (κ2) is 12.1. The highest BCUT2D eigenvalue weighted by Crippen LogP contribution is 2.44. The minimum absolute atomic E-state index is 0.943. The lowest BCUT2D eigenvalue weighted by atomic mass is 9.84. The number of hydrogen-bond acceptors (Lipinski definition) is 1. The molecule has 1 aliphatic carbocycles. The van der Waals surface area contributed by atoms with E-state index in [2.05, 4.69) is 187 Å². The van der Waals surface area contributed by atoms with Crippen LogP contribution in [0.15, 0.2) is 182 Å². The van der Waals surface area contributed by atoms with Crippen molar-refractivity contribution in [2.75, 3.05) is 0 Å². The van der Waals surface area contributed by atoms with E-state index in [1.165, 1.54) is 65.7 Å². The Morgan fingerprint density at radius 1 is 0.451 bits per heavy atom. The van der Waals surface area contributed by atoms with Crippen molar-refractivity contribution in [3.63, 3.8) is 0 Å². The van der Waals surface area contributed by atoms with Gasteiger partial charge in [-0.2, -0.15) is 0 Å². The van der Waals surface area contributed by atoms with Gasteiger partial charge in [-0.3, -0.25) is 4.57 Å². The summed E-state index contributed by atoms with van der Waals surface area (Å²) >= 11 is 0. The van der Waals surface area contributed by atoms with Gasteiger partial charge in [-0.05, 0) is 97.4 Å². The fourth-order valence-corrected chi connectivity index (χ4v) is 8.04. The molecule has 51 heavy (non-hydrogen) atoms. The van der Waals surface area contributed by atoms with Crippen LogP contribution in [-0.2, 0) is 0 Å². The van der Waals surface area contributed by atoms with E-state index in [9.17, 15) is 0 Å². The van der Waals surface area contributed by atoms with Crippen LogP contribution in [0.3, 0.4) is 0 Å². The van der Waals surface area contributed by atoms with Crippen LogP contribution in [0.4, 0.5) is 0 Å². The fraction of sp³-hybridized carbons (Fsp3) is 0.0408. The quantitative estimate of drug-likeness (QED) is 0.170. The van der Waals surface area contributed by atoms with Crippen molar-refractivity contribution >= 4 is 48.9 Å². The van der Waals surface area contributed by atoms with Gasteiger partial charge in [-0.25, -0.2) is 4.98 Å². The lowest BCUT2D eigenvalue weighted by Gasteiger charge is -2.20. The maximum atomic E-state index is 5.27. The molecule has 10 rings (SSSR count). The van der Waals surface area contributed by atoms with E-state index in [-0.39, 0.29) is 0 Å². The Morgan fingerprint density at radius 3 is 1.84 bits per heavy atom. The predicted molar refractivity (Wildman–Crippen MR) is 216 cm³/mol. The number of hydrogen-bond donors (Lipinski definition) is 0. The zero-order valence-electron chi connectivity index (χ0n) is 28.1. The molecular weight excluding hydrogens is 617 g/mol. The maximum absolute atomic E-state index is 5.27. The summed E-state index contributed by atoms with van der Waals surface area (Å²) in [5.41, 5.74) is 11.8. The molecule has 0 radical (unpaired) electrons. The third-order valence-corrected chi connectivity index (χ3v) is 10.4. The minimum atomic E-state index is 0.943. The lowest BCUT2D eigenvalue weighted by molar-refractivity contribution is 1.04. The summed E-state index contributed by atoms with van der Waals surface area (Å²) in [4.78, 5) is 5.27. The lowest BCUT2D eigenvalue weighted by Crippen LogP contribution is -1.97. The van der Waals surface area contributed by atoms with Gasteiger partial charge < -0.3 is 0 Å². The van der Waals surface area contributed by atoms with Crippen molar-refractivity contribution in [3.05, 3.63) is 188 Å². The molecule has 0 spiro atoms. The van der Waals surface area contributed by atoms with Gasteiger partial charge >= 0.3 is 0 Å². The summed E-state index contributed by atoms with van der Waals surface area (Å²) in [6, 6.07) is 59.3. The second-order valence-corrected chi connectivity index (χ2v) is 13.4. The largest absolute Gasteiger partial charge is 0.292 e. The molecule has 0 aliphatic heterocycles. The van der Waals surface area contributed by atoms with Crippen molar-refractivity contribution in [3.8, 4) is 39.3 Å². The molecule has 240 valence electrons. The summed E-state index contributed by atoms with van der Waals surface area (Å²) < 4.78 is 2.30. The van der Waals surface area contributed by atoms with Crippen LogP contribution < -0.4 is 0 Å². The smallest absolute Gasteiger partial charge is 0.145 e. The molecule has 0 unspecified atom stereocenters. The summed E-state index contributed by atoms with van der Waals surface area (Å²) in [6.07, 6.45) is 9.20. The number of allylic oxidation sites excluding steroid dienone is 4. The molecule has 1 aromatic heterocycles. The molecule has 0 atom stereocenters. The van der Waals surface area contributed by atoms with Crippen molar-refractivity contribution in [1.82, 2.24) is 9.55 Å². The van der Waals surface area contributed by atoms with Gasteiger partial charge in [0.2, 0.25) is 0 Å². The van der Waals surface area contributed by atoms with Crippen LogP contribution in [0, 0.1) is 0 Å². The Morgan fingerprint density at radius 2 is 1.10 bits per heavy atom. The highest BCUT2D eigenvalue weighted by molar-refractivity contribution is 6.20. The molecule has 1 heterocycles. The molecule has 0 amide bonds. The van der Waals surface area contributed by atoms with Gasteiger partial charge in [-0.1, -0.05) is 158 Å². The molecule has 0 N–H and O–H groups in total. The highest BCUT2D eigenvalue weighted by Gasteiger charge is 2.19. The van der Waals surface area contributed by atoms with Crippen LogP contribution in [-0.4, -0.2) is 9.55 Å². The van der Waals surface area contributed by atoms with Crippen LogP contribution in [0.2, 0.25) is 0 Å². The zero-order valence-corrected chi connectivity index (χ0v) is 28.1. The van der Waals surface area contributed by atoms with Crippen molar-refractivity contribution < 1.29 is 0 Å². The molecule has 9 aromatic rings. The normalized spacial score (nSPS) is 13.0. The van der Waals surface area contributed by atoms with Crippen LogP contribution in [0.5, 0.6) is 0 Å². The summed E-state index contributed by atoms with van der Waals surface area (Å²) in [7, 11) is 0. The van der Waals surface area contributed by atoms with Gasteiger partial charge in [0.15, 0.2) is 0 Å². The number of rotatable bonds is 5. The van der Waals surface area contributed by atoms with Crippen molar-refractivity contribution in [1.29, 1.82) is 0 Å². The summed E-state index contributed by atoms with van der Waals surface area (Å²) in [5.74, 6) is 0.943. The maximum Gasteiger partial charge on any atom is 0.145 e. The molecule has 8 aromatic carbocycles. The van der Waals surface area contributed by atoms with Gasteiger partial charge in [-0.15, -0.1) is 0 Å². The third-order valence-electron chi connectivity index (χ3n) is 10.4. The number of benzene rings is 8. The number of aromatic nitrogens is 2. The number of imidazole rings is 1. The van der Waals surface area contributed by atoms with E-state index in [0.717, 1.165) is 41.0 Å². The number of nitrogens with zero attached hydrogens (tertiary/aromatic N) is 2. The van der Waals surface area contributed by atoms with Gasteiger partial charge in [0, 0.05) is 16.6 Å². The first kappa shape index (κ1) is 29.4. The monoisotopic (exact) mass is 650 g/mol. The molecule has 0 saturated heterocycles. The van der Waals surface area contributed by atoms with Crippen LogP contribution >= 0.6 is 0 Å². The molecule has 0 saturated carbocycles. The fourth-order valence-electron chi connectivity index (χ4n) is 8.04. The number of fused-ring (bicyclic) bond motifs is 5. The highest BCUT2D eigenvalue weighted by atomic mass is 15.1. The van der Waals surface area contributed by atoms with Gasteiger partial charge in [0.25, 0.3) is 0 Å². The first-order chi connectivity index (χ1) is 25.3. The molecular formula is C49H34N2. The van der Waals surface area contributed by atoms with E-state index in [0.29, 0.717) is 0 Å². The first-order valence-corrected chi connectivity index (χ1v) is 17.8. The molecule has 0 bridgehead atoms. The topological polar surface area (TPSA) is 17.8 Å². The molecule has 2 nitrogen and oxygen atoms in total. The Bertz CT molecular complexity index is 2820.